The minimum absolute atomic E-state index is 0.195. The van der Waals surface area contributed by atoms with Gasteiger partial charge < -0.3 is 9.88 Å². The van der Waals surface area contributed by atoms with Crippen molar-refractivity contribution in [1.29, 1.82) is 0 Å². The number of ketones is 1. The van der Waals surface area contributed by atoms with Crippen LogP contribution in [0.15, 0.2) is 54.6 Å². The SMILES string of the molecule is Cc1ccccc1-n1c(C)cc(C(=O)CN2C(=O)NC(C)(c3cccc([N+](=O)[O-])c3)C2=O)c1C. The van der Waals surface area contributed by atoms with Crippen molar-refractivity contribution in [2.75, 3.05) is 6.54 Å². The maximum Gasteiger partial charge on any atom is 0.325 e. The van der Waals surface area contributed by atoms with Gasteiger partial charge in [-0.3, -0.25) is 24.6 Å². The number of nitro groups is 1. The number of nitro benzene ring substituents is 1. The quantitative estimate of drug-likeness (QED) is 0.259. The van der Waals surface area contributed by atoms with Crippen LogP contribution < -0.4 is 5.32 Å². The highest BCUT2D eigenvalue weighted by atomic mass is 16.6. The maximum atomic E-state index is 13.2. The lowest BCUT2D eigenvalue weighted by atomic mass is 9.91. The summed E-state index contributed by atoms with van der Waals surface area (Å²) in [6.45, 7) is 6.74. The molecule has 0 saturated carbocycles. The van der Waals surface area contributed by atoms with Crippen LogP contribution >= 0.6 is 0 Å². The second-order valence-electron chi connectivity index (χ2n) is 8.58. The van der Waals surface area contributed by atoms with Crippen molar-refractivity contribution in [3.05, 3.63) is 92.8 Å². The van der Waals surface area contributed by atoms with E-state index >= 15 is 0 Å². The van der Waals surface area contributed by atoms with Crippen molar-refractivity contribution in [3.8, 4) is 5.69 Å². The Hall–Kier alpha value is -4.27. The number of carbonyl (C=O) groups is 3. The first-order chi connectivity index (χ1) is 16.0. The van der Waals surface area contributed by atoms with E-state index in [1.807, 2.05) is 49.6 Å². The average Bonchev–Trinajstić information content (AvgIpc) is 3.21. The van der Waals surface area contributed by atoms with Crippen LogP contribution in [0.4, 0.5) is 10.5 Å². The van der Waals surface area contributed by atoms with E-state index in [1.54, 1.807) is 6.07 Å². The van der Waals surface area contributed by atoms with Gasteiger partial charge in [0.15, 0.2) is 5.78 Å². The van der Waals surface area contributed by atoms with E-state index in [0.29, 0.717) is 11.3 Å². The van der Waals surface area contributed by atoms with Crippen LogP contribution in [0, 0.1) is 30.9 Å². The average molecular weight is 460 g/mol. The number of Topliss-reactive ketones (excluding diaryl/α,β-unsaturated/α-hetero) is 1. The molecule has 0 bridgehead atoms. The summed E-state index contributed by atoms with van der Waals surface area (Å²) < 4.78 is 1.97. The van der Waals surface area contributed by atoms with Crippen LogP contribution in [0.2, 0.25) is 0 Å². The van der Waals surface area contributed by atoms with E-state index in [2.05, 4.69) is 5.32 Å². The van der Waals surface area contributed by atoms with Crippen molar-refractivity contribution >= 4 is 23.4 Å². The van der Waals surface area contributed by atoms with Crippen molar-refractivity contribution in [1.82, 2.24) is 14.8 Å². The Morgan fingerprint density at radius 2 is 1.76 bits per heavy atom. The molecule has 1 N–H and O–H groups in total. The molecule has 9 nitrogen and oxygen atoms in total. The normalized spacial score (nSPS) is 17.7. The molecule has 34 heavy (non-hydrogen) atoms. The van der Waals surface area contributed by atoms with E-state index in [4.69, 9.17) is 0 Å². The molecule has 1 fully saturated rings. The molecule has 174 valence electrons. The van der Waals surface area contributed by atoms with Crippen LogP contribution in [-0.4, -0.2) is 38.7 Å². The number of nitrogens with zero attached hydrogens (tertiary/aromatic N) is 3. The minimum atomic E-state index is -1.51. The monoisotopic (exact) mass is 460 g/mol. The summed E-state index contributed by atoms with van der Waals surface area (Å²) in [4.78, 5) is 50.6. The number of para-hydroxylation sites is 1. The molecular formula is C25H24N4O5. The summed E-state index contributed by atoms with van der Waals surface area (Å²) in [5.41, 5.74) is 2.55. The molecule has 1 saturated heterocycles. The van der Waals surface area contributed by atoms with Gasteiger partial charge in [-0.15, -0.1) is 0 Å². The van der Waals surface area contributed by atoms with Crippen LogP contribution in [0.3, 0.4) is 0 Å². The lowest BCUT2D eigenvalue weighted by Gasteiger charge is -2.22. The van der Waals surface area contributed by atoms with Crippen LogP contribution in [-0.2, 0) is 10.3 Å². The highest BCUT2D eigenvalue weighted by molar-refractivity contribution is 6.11. The summed E-state index contributed by atoms with van der Waals surface area (Å²) in [5, 5.41) is 13.7. The molecule has 4 rings (SSSR count). The zero-order valence-electron chi connectivity index (χ0n) is 19.3. The van der Waals surface area contributed by atoms with E-state index in [1.165, 1.54) is 31.2 Å². The van der Waals surface area contributed by atoms with Gasteiger partial charge in [0.1, 0.15) is 5.54 Å². The molecule has 1 aliphatic heterocycles. The number of rotatable bonds is 6. The van der Waals surface area contributed by atoms with Crippen molar-refractivity contribution in [2.45, 2.75) is 33.2 Å². The molecule has 0 aliphatic carbocycles. The maximum absolute atomic E-state index is 13.2. The predicted octanol–water partition coefficient (Wildman–Crippen LogP) is 3.96. The number of aromatic nitrogens is 1. The Morgan fingerprint density at radius 1 is 1.06 bits per heavy atom. The Morgan fingerprint density at radius 3 is 2.44 bits per heavy atom. The van der Waals surface area contributed by atoms with Crippen LogP contribution in [0.25, 0.3) is 5.69 Å². The number of carbonyl (C=O) groups excluding carboxylic acids is 3. The zero-order valence-corrected chi connectivity index (χ0v) is 19.3. The van der Waals surface area contributed by atoms with Gasteiger partial charge in [-0.05, 0) is 51.0 Å². The van der Waals surface area contributed by atoms with Crippen molar-refractivity contribution in [2.24, 2.45) is 0 Å². The molecular weight excluding hydrogens is 436 g/mol. The number of nitrogens with one attached hydrogen (secondary N) is 1. The molecule has 2 heterocycles. The summed E-state index contributed by atoms with van der Waals surface area (Å²) >= 11 is 0. The lowest BCUT2D eigenvalue weighted by molar-refractivity contribution is -0.385. The third kappa shape index (κ3) is 3.64. The van der Waals surface area contributed by atoms with Crippen LogP contribution in [0.1, 0.15) is 39.8 Å². The molecule has 1 atom stereocenters. The standard InChI is InChI=1S/C25H24N4O5/c1-15-8-5-6-11-21(15)28-16(2)12-20(17(28)3)22(30)14-27-23(31)25(4,26-24(27)32)18-9-7-10-19(13-18)29(33)34/h5-13H,14H2,1-4H3,(H,26,32). The number of non-ortho nitro benzene ring substituents is 1. The van der Waals surface area contributed by atoms with Gasteiger partial charge in [-0.25, -0.2) is 4.79 Å². The molecule has 0 spiro atoms. The first-order valence-corrected chi connectivity index (χ1v) is 10.7. The zero-order chi connectivity index (χ0) is 24.8. The largest absolute Gasteiger partial charge is 0.325 e. The smallest absolute Gasteiger partial charge is 0.319 e. The molecule has 0 radical (unpaired) electrons. The van der Waals surface area contributed by atoms with Crippen LogP contribution in [0.5, 0.6) is 0 Å². The van der Waals surface area contributed by atoms with E-state index in [0.717, 1.165) is 21.8 Å². The third-order valence-electron chi connectivity index (χ3n) is 6.30. The highest BCUT2D eigenvalue weighted by Crippen LogP contribution is 2.31. The Kier molecular flexibility index (Phi) is 5.56. The molecule has 1 unspecified atom stereocenters. The fraction of sp³-hybridized carbons (Fsp3) is 0.240. The third-order valence-corrected chi connectivity index (χ3v) is 6.30. The van der Waals surface area contributed by atoms with E-state index in [-0.39, 0.29) is 17.0 Å². The number of urea groups is 1. The fourth-order valence-electron chi connectivity index (χ4n) is 4.43. The summed E-state index contributed by atoms with van der Waals surface area (Å²) in [5.74, 6) is -1.02. The summed E-state index contributed by atoms with van der Waals surface area (Å²) in [6.07, 6.45) is 0. The second-order valence-corrected chi connectivity index (χ2v) is 8.58. The van der Waals surface area contributed by atoms with Gasteiger partial charge in [-0.2, -0.15) is 0 Å². The summed E-state index contributed by atoms with van der Waals surface area (Å²) in [7, 11) is 0. The molecule has 2 aromatic carbocycles. The number of amides is 3. The Balaban J connectivity index is 1.62. The number of hydrogen-bond acceptors (Lipinski definition) is 5. The second kappa shape index (κ2) is 8.26. The van der Waals surface area contributed by atoms with Gasteiger partial charge in [0.25, 0.3) is 11.6 Å². The first-order valence-electron chi connectivity index (χ1n) is 10.7. The number of imide groups is 1. The predicted molar refractivity (Wildman–Crippen MR) is 125 cm³/mol. The van der Waals surface area contributed by atoms with Gasteiger partial charge in [-0.1, -0.05) is 30.3 Å². The molecule has 1 aliphatic rings. The van der Waals surface area contributed by atoms with Crippen molar-refractivity contribution < 1.29 is 19.3 Å². The Bertz CT molecular complexity index is 1360. The molecule has 3 amide bonds. The Labute approximate surface area is 196 Å². The lowest BCUT2D eigenvalue weighted by Crippen LogP contribution is -2.41. The number of benzene rings is 2. The fourth-order valence-corrected chi connectivity index (χ4v) is 4.43. The summed E-state index contributed by atoms with van der Waals surface area (Å²) in [6, 6.07) is 14.4. The highest BCUT2D eigenvalue weighted by Gasteiger charge is 2.50. The van der Waals surface area contributed by atoms with Gasteiger partial charge in [0.05, 0.1) is 11.5 Å². The number of aryl methyl sites for hydroxylation is 2. The van der Waals surface area contributed by atoms with Gasteiger partial charge in [0, 0.05) is 34.8 Å². The van der Waals surface area contributed by atoms with E-state index < -0.39 is 28.9 Å². The molecule has 1 aromatic heterocycles. The van der Waals surface area contributed by atoms with E-state index in [9.17, 15) is 24.5 Å². The van der Waals surface area contributed by atoms with Crippen molar-refractivity contribution in [3.63, 3.8) is 0 Å². The minimum Gasteiger partial charge on any atom is -0.319 e. The van der Waals surface area contributed by atoms with Gasteiger partial charge >= 0.3 is 6.03 Å². The molecule has 9 heteroatoms. The topological polar surface area (TPSA) is 115 Å². The molecule has 3 aromatic rings. The first kappa shape index (κ1) is 22.9. The number of hydrogen-bond donors (Lipinski definition) is 1. The van der Waals surface area contributed by atoms with Gasteiger partial charge in [0.2, 0.25) is 0 Å².